The summed E-state index contributed by atoms with van der Waals surface area (Å²) < 4.78 is 21.8. The monoisotopic (exact) mass is 169 g/mol. The minimum atomic E-state index is -3.05. The van der Waals surface area contributed by atoms with Crippen LogP contribution in [0.3, 0.4) is 0 Å². The van der Waals surface area contributed by atoms with Gasteiger partial charge in [0.15, 0.2) is 9.84 Å². The fourth-order valence-electron chi connectivity index (χ4n) is 0.737. The van der Waals surface area contributed by atoms with Crippen molar-refractivity contribution in [2.75, 3.05) is 6.26 Å². The zero-order chi connectivity index (χ0) is 8.48. The van der Waals surface area contributed by atoms with Crippen LogP contribution in [0, 0.1) is 6.92 Å². The number of sulfone groups is 1. The molecule has 0 fully saturated rings. The van der Waals surface area contributed by atoms with Gasteiger partial charge < -0.3 is 0 Å². The fraction of sp³-hybridized carbons (Fsp3) is 0.125. The Labute approximate surface area is 66.8 Å². The summed E-state index contributed by atoms with van der Waals surface area (Å²) in [4.78, 5) is 0.338. The molecule has 0 atom stereocenters. The van der Waals surface area contributed by atoms with Gasteiger partial charge in [0.1, 0.15) is 0 Å². The van der Waals surface area contributed by atoms with E-state index < -0.39 is 9.84 Å². The Bertz CT molecular complexity index is 335. The second-order valence-corrected chi connectivity index (χ2v) is 4.43. The van der Waals surface area contributed by atoms with Gasteiger partial charge in [0, 0.05) is 6.26 Å². The normalized spacial score (nSPS) is 11.5. The number of hydrogen-bond acceptors (Lipinski definition) is 2. The number of rotatable bonds is 1. The van der Waals surface area contributed by atoms with Crippen molar-refractivity contribution in [1.29, 1.82) is 0 Å². The maximum atomic E-state index is 10.9. The second kappa shape index (κ2) is 2.66. The molecule has 0 saturated carbocycles. The van der Waals surface area contributed by atoms with E-state index in [0.29, 0.717) is 4.90 Å². The van der Waals surface area contributed by atoms with Crippen molar-refractivity contribution in [3.05, 3.63) is 36.8 Å². The first-order valence-electron chi connectivity index (χ1n) is 3.12. The van der Waals surface area contributed by atoms with Crippen LogP contribution >= 0.6 is 0 Å². The molecule has 11 heavy (non-hydrogen) atoms. The number of hydrogen-bond donors (Lipinski definition) is 0. The van der Waals surface area contributed by atoms with Gasteiger partial charge in [-0.25, -0.2) is 8.42 Å². The summed E-state index contributed by atoms with van der Waals surface area (Å²) in [5, 5.41) is 0. The Morgan fingerprint density at radius 3 is 2.00 bits per heavy atom. The smallest absolute Gasteiger partial charge is 0.175 e. The lowest BCUT2D eigenvalue weighted by molar-refractivity contribution is 0.602. The molecule has 0 amide bonds. The van der Waals surface area contributed by atoms with Crippen molar-refractivity contribution in [2.24, 2.45) is 0 Å². The van der Waals surface area contributed by atoms with Crippen molar-refractivity contribution >= 4 is 9.84 Å². The van der Waals surface area contributed by atoms with Crippen LogP contribution < -0.4 is 0 Å². The van der Waals surface area contributed by atoms with Gasteiger partial charge in [0.05, 0.1) is 4.90 Å². The van der Waals surface area contributed by atoms with E-state index in [-0.39, 0.29) is 0 Å². The van der Waals surface area contributed by atoms with Crippen LogP contribution in [0.2, 0.25) is 0 Å². The predicted octanol–water partition coefficient (Wildman–Crippen LogP) is 1.27. The van der Waals surface area contributed by atoms with Crippen LogP contribution in [0.5, 0.6) is 0 Å². The maximum Gasteiger partial charge on any atom is 0.175 e. The summed E-state index contributed by atoms with van der Waals surface area (Å²) >= 11 is 0. The Morgan fingerprint density at radius 1 is 1.18 bits per heavy atom. The molecule has 1 aromatic carbocycles. The summed E-state index contributed by atoms with van der Waals surface area (Å²) in [6, 6.07) is 6.46. The molecule has 0 aliphatic rings. The quantitative estimate of drug-likeness (QED) is 0.634. The van der Waals surface area contributed by atoms with Crippen LogP contribution in [0.15, 0.2) is 29.2 Å². The van der Waals surface area contributed by atoms with Crippen LogP contribution in [0.25, 0.3) is 0 Å². The molecule has 0 bridgehead atoms. The van der Waals surface area contributed by atoms with E-state index in [2.05, 4.69) is 6.92 Å². The van der Waals surface area contributed by atoms with Crippen molar-refractivity contribution in [3.8, 4) is 0 Å². The third-order valence-electron chi connectivity index (χ3n) is 1.35. The molecule has 3 heteroatoms. The number of benzene rings is 1. The summed E-state index contributed by atoms with van der Waals surface area (Å²) in [6.07, 6.45) is 1.19. The van der Waals surface area contributed by atoms with Crippen LogP contribution in [0.4, 0.5) is 0 Å². The van der Waals surface area contributed by atoms with Crippen LogP contribution in [0.1, 0.15) is 5.56 Å². The average molecular weight is 169 g/mol. The summed E-state index contributed by atoms with van der Waals surface area (Å²) in [5.41, 5.74) is 0.817. The molecule has 0 aromatic heterocycles. The Balaban J connectivity index is 3.20. The van der Waals surface area contributed by atoms with Crippen molar-refractivity contribution in [3.63, 3.8) is 0 Å². The van der Waals surface area contributed by atoms with Gasteiger partial charge in [0.2, 0.25) is 0 Å². The van der Waals surface area contributed by atoms with Gasteiger partial charge in [0.25, 0.3) is 0 Å². The van der Waals surface area contributed by atoms with Gasteiger partial charge in [-0.2, -0.15) is 0 Å². The van der Waals surface area contributed by atoms with E-state index in [1.807, 2.05) is 0 Å². The molecule has 0 aliphatic heterocycles. The first kappa shape index (κ1) is 8.27. The molecule has 59 valence electrons. The largest absolute Gasteiger partial charge is 0.224 e. The Kier molecular flexibility index (Phi) is 2.00. The summed E-state index contributed by atoms with van der Waals surface area (Å²) in [5.74, 6) is 0. The Hall–Kier alpha value is -0.830. The van der Waals surface area contributed by atoms with Crippen molar-refractivity contribution in [2.45, 2.75) is 4.90 Å². The van der Waals surface area contributed by atoms with Gasteiger partial charge in [-0.1, -0.05) is 12.1 Å². The highest BCUT2D eigenvalue weighted by Gasteiger charge is 2.04. The molecule has 0 N–H and O–H groups in total. The van der Waals surface area contributed by atoms with E-state index >= 15 is 0 Å². The molecule has 1 rings (SSSR count). The molecule has 1 aromatic rings. The average Bonchev–Trinajstić information content (AvgIpc) is 1.86. The van der Waals surface area contributed by atoms with Gasteiger partial charge in [-0.15, -0.1) is 0 Å². The minimum Gasteiger partial charge on any atom is -0.224 e. The van der Waals surface area contributed by atoms with E-state index in [1.165, 1.54) is 6.26 Å². The molecule has 0 unspecified atom stereocenters. The predicted molar refractivity (Wildman–Crippen MR) is 44.0 cm³/mol. The highest BCUT2D eigenvalue weighted by Crippen LogP contribution is 2.08. The topological polar surface area (TPSA) is 34.1 Å². The van der Waals surface area contributed by atoms with Gasteiger partial charge >= 0.3 is 0 Å². The molecule has 0 saturated heterocycles. The summed E-state index contributed by atoms with van der Waals surface area (Å²) in [6.45, 7) is 3.65. The fourth-order valence-corrected chi connectivity index (χ4v) is 1.37. The molecule has 0 aliphatic carbocycles. The highest BCUT2D eigenvalue weighted by molar-refractivity contribution is 7.90. The lowest BCUT2D eigenvalue weighted by atomic mass is 10.2. The van der Waals surface area contributed by atoms with Gasteiger partial charge in [-0.05, 0) is 24.6 Å². The lowest BCUT2D eigenvalue weighted by Crippen LogP contribution is -1.95. The first-order chi connectivity index (χ1) is 5.00. The van der Waals surface area contributed by atoms with E-state index in [0.717, 1.165) is 5.56 Å². The maximum absolute atomic E-state index is 10.9. The van der Waals surface area contributed by atoms with E-state index in [9.17, 15) is 8.42 Å². The van der Waals surface area contributed by atoms with E-state index in [4.69, 9.17) is 0 Å². The molecule has 0 heterocycles. The summed E-state index contributed by atoms with van der Waals surface area (Å²) in [7, 11) is -3.05. The third kappa shape index (κ3) is 2.05. The molecular weight excluding hydrogens is 160 g/mol. The highest BCUT2D eigenvalue weighted by atomic mass is 32.2. The van der Waals surface area contributed by atoms with Crippen LogP contribution in [-0.2, 0) is 9.84 Å². The lowest BCUT2D eigenvalue weighted by Gasteiger charge is -1.96. The minimum absolute atomic E-state index is 0.338. The molecule has 0 spiro atoms. The van der Waals surface area contributed by atoms with Crippen molar-refractivity contribution in [1.82, 2.24) is 0 Å². The molecular formula is C8H9O2S. The molecule has 2 nitrogen and oxygen atoms in total. The van der Waals surface area contributed by atoms with E-state index in [1.54, 1.807) is 24.3 Å². The zero-order valence-corrected chi connectivity index (χ0v) is 7.06. The first-order valence-corrected chi connectivity index (χ1v) is 5.01. The third-order valence-corrected chi connectivity index (χ3v) is 2.48. The van der Waals surface area contributed by atoms with Gasteiger partial charge in [-0.3, -0.25) is 0 Å². The standard InChI is InChI=1S/C8H9O2S/c1-7-3-5-8(6-4-7)11(2,9)10/h3-6H,1H2,2H3. The zero-order valence-electron chi connectivity index (χ0n) is 6.24. The SMILES string of the molecule is [CH2]c1ccc(S(C)(=O)=O)cc1. The Morgan fingerprint density at radius 2 is 1.64 bits per heavy atom. The molecule has 1 radical (unpaired) electrons. The van der Waals surface area contributed by atoms with Crippen LogP contribution in [-0.4, -0.2) is 14.7 Å². The van der Waals surface area contributed by atoms with Crippen molar-refractivity contribution < 1.29 is 8.42 Å². The second-order valence-electron chi connectivity index (χ2n) is 2.42.